The molecule has 12 heteroatoms. The molecule has 0 spiro atoms. The number of hydrogen-bond acceptors (Lipinski definition) is 6. The first-order valence-electron chi connectivity index (χ1n) is 14.8. The Bertz CT molecular complexity index is 1780. The average molecular weight is 645 g/mol. The van der Waals surface area contributed by atoms with E-state index in [2.05, 4.69) is 31.9 Å². The van der Waals surface area contributed by atoms with Crippen LogP contribution >= 0.6 is 0 Å². The van der Waals surface area contributed by atoms with E-state index >= 15 is 0 Å². The van der Waals surface area contributed by atoms with E-state index in [9.17, 15) is 19.2 Å². The van der Waals surface area contributed by atoms with Crippen LogP contribution in [0.5, 0.6) is 11.5 Å². The summed E-state index contributed by atoms with van der Waals surface area (Å²) in [6, 6.07) is 33.0. The maximum Gasteiger partial charge on any atom is 0.417 e. The second-order valence-electron chi connectivity index (χ2n) is 10.5. The summed E-state index contributed by atoms with van der Waals surface area (Å²) in [5.41, 5.74) is 4.37. The SMILES string of the molecule is Cc1ccc(NC(=O)Oc2ccccc2)cc1NC(=O)Nc1ccc(NC(=O)Nc2cc(NC(=O)Oc3ccccc3)ccc2C)cc1. The fourth-order valence-corrected chi connectivity index (χ4v) is 4.35. The fraction of sp³-hybridized carbons (Fsp3) is 0.0556. The third kappa shape index (κ3) is 9.59. The molecule has 0 aliphatic carbocycles. The molecule has 5 aromatic carbocycles. The van der Waals surface area contributed by atoms with E-state index in [1.165, 1.54) is 0 Å². The standard InChI is InChI=1S/C36H32N6O6/c1-23-13-15-27(39-35(45)47-29-9-5-3-6-10-29)21-31(23)41-33(43)37-25-17-19-26(20-18-25)38-34(44)42-32-22-28(16-14-24(32)2)40-36(46)48-30-11-7-4-8-12-30/h3-22H,1-2H3,(H,39,45)(H,40,46)(H2,37,41,43)(H2,38,42,44). The Labute approximate surface area is 276 Å². The van der Waals surface area contributed by atoms with Gasteiger partial charge in [0.05, 0.1) is 0 Å². The minimum absolute atomic E-state index is 0.402. The lowest BCUT2D eigenvalue weighted by Gasteiger charge is -2.14. The van der Waals surface area contributed by atoms with Crippen molar-refractivity contribution >= 4 is 58.4 Å². The van der Waals surface area contributed by atoms with Crippen molar-refractivity contribution in [2.75, 3.05) is 31.9 Å². The quantitative estimate of drug-likeness (QED) is 0.0990. The van der Waals surface area contributed by atoms with Crippen LogP contribution in [-0.2, 0) is 0 Å². The molecule has 6 amide bonds. The number of aryl methyl sites for hydroxylation is 2. The zero-order chi connectivity index (χ0) is 33.9. The lowest BCUT2D eigenvalue weighted by Crippen LogP contribution is -2.21. The second kappa shape index (κ2) is 15.5. The zero-order valence-electron chi connectivity index (χ0n) is 26.0. The summed E-state index contributed by atoms with van der Waals surface area (Å²) in [7, 11) is 0. The first-order valence-corrected chi connectivity index (χ1v) is 14.8. The van der Waals surface area contributed by atoms with Gasteiger partial charge in [0.25, 0.3) is 0 Å². The normalized spacial score (nSPS) is 10.2. The summed E-state index contributed by atoms with van der Waals surface area (Å²) >= 11 is 0. The van der Waals surface area contributed by atoms with Gasteiger partial charge in [-0.2, -0.15) is 0 Å². The van der Waals surface area contributed by atoms with Gasteiger partial charge in [-0.05, 0) is 97.8 Å². The van der Waals surface area contributed by atoms with E-state index in [1.807, 2.05) is 26.0 Å². The molecule has 0 aliphatic rings. The summed E-state index contributed by atoms with van der Waals surface area (Å²) < 4.78 is 10.5. The number of ether oxygens (including phenoxy) is 2. The Morgan fingerprint density at radius 3 is 1.15 bits per heavy atom. The first-order chi connectivity index (χ1) is 23.2. The highest BCUT2D eigenvalue weighted by Gasteiger charge is 2.12. The third-order valence-electron chi connectivity index (χ3n) is 6.77. The van der Waals surface area contributed by atoms with Crippen LogP contribution in [0.2, 0.25) is 0 Å². The number of benzene rings is 5. The second-order valence-corrected chi connectivity index (χ2v) is 10.5. The number of nitrogens with one attached hydrogen (secondary N) is 6. The van der Waals surface area contributed by atoms with Crippen LogP contribution in [0.1, 0.15) is 11.1 Å². The summed E-state index contributed by atoms with van der Waals surface area (Å²) in [5.74, 6) is 0.805. The molecule has 0 aliphatic heterocycles. The number of hydrogen-bond donors (Lipinski definition) is 6. The molecule has 0 fully saturated rings. The summed E-state index contributed by atoms with van der Waals surface area (Å²) in [6.07, 6.45) is -1.32. The number of amides is 6. The number of rotatable bonds is 8. The van der Waals surface area contributed by atoms with Gasteiger partial charge in [0.1, 0.15) is 11.5 Å². The lowest BCUT2D eigenvalue weighted by atomic mass is 10.2. The largest absolute Gasteiger partial charge is 0.417 e. The minimum Gasteiger partial charge on any atom is -0.410 e. The monoisotopic (exact) mass is 644 g/mol. The molecular formula is C36H32N6O6. The molecule has 0 bridgehead atoms. The van der Waals surface area contributed by atoms with Gasteiger partial charge >= 0.3 is 24.2 Å². The number of urea groups is 2. The number of carbonyl (C=O) groups is 4. The van der Waals surface area contributed by atoms with E-state index in [1.54, 1.807) is 109 Å². The highest BCUT2D eigenvalue weighted by molar-refractivity contribution is 6.02. The van der Waals surface area contributed by atoms with Gasteiger partial charge in [0.2, 0.25) is 0 Å². The Hall–Kier alpha value is -6.82. The highest BCUT2D eigenvalue weighted by atomic mass is 16.6. The van der Waals surface area contributed by atoms with Gasteiger partial charge in [-0.25, -0.2) is 19.2 Å². The molecule has 242 valence electrons. The van der Waals surface area contributed by atoms with Crippen molar-refractivity contribution in [1.82, 2.24) is 0 Å². The van der Waals surface area contributed by atoms with Crippen molar-refractivity contribution in [2.24, 2.45) is 0 Å². The summed E-state index contributed by atoms with van der Waals surface area (Å²) in [6.45, 7) is 3.64. The third-order valence-corrected chi connectivity index (χ3v) is 6.77. The van der Waals surface area contributed by atoms with Crippen molar-refractivity contribution in [2.45, 2.75) is 13.8 Å². The molecule has 12 nitrogen and oxygen atoms in total. The lowest BCUT2D eigenvalue weighted by molar-refractivity contribution is 0.214. The van der Waals surface area contributed by atoms with Crippen molar-refractivity contribution in [3.63, 3.8) is 0 Å². The van der Waals surface area contributed by atoms with Gasteiger partial charge < -0.3 is 30.7 Å². The number of carbonyl (C=O) groups excluding carboxylic acids is 4. The van der Waals surface area contributed by atoms with Crippen LogP contribution < -0.4 is 41.4 Å². The van der Waals surface area contributed by atoms with E-state index < -0.39 is 24.2 Å². The molecule has 48 heavy (non-hydrogen) atoms. The van der Waals surface area contributed by atoms with E-state index in [-0.39, 0.29) is 0 Å². The molecular weight excluding hydrogens is 612 g/mol. The molecule has 0 unspecified atom stereocenters. The Morgan fingerprint density at radius 1 is 0.417 bits per heavy atom. The first kappa shape index (κ1) is 32.6. The summed E-state index contributed by atoms with van der Waals surface area (Å²) in [5, 5.41) is 16.3. The molecule has 0 atom stereocenters. The topological polar surface area (TPSA) is 159 Å². The molecule has 5 aromatic rings. The van der Waals surface area contributed by atoms with E-state index in [0.29, 0.717) is 45.6 Å². The van der Waals surface area contributed by atoms with Crippen LogP contribution in [0.25, 0.3) is 0 Å². The van der Waals surface area contributed by atoms with Crippen molar-refractivity contribution in [3.8, 4) is 11.5 Å². The van der Waals surface area contributed by atoms with Gasteiger partial charge in [0, 0.05) is 34.1 Å². The molecule has 5 rings (SSSR count). The zero-order valence-corrected chi connectivity index (χ0v) is 26.0. The van der Waals surface area contributed by atoms with Gasteiger partial charge in [0.15, 0.2) is 0 Å². The molecule has 0 saturated carbocycles. The van der Waals surface area contributed by atoms with Crippen LogP contribution in [0.4, 0.5) is 53.3 Å². The van der Waals surface area contributed by atoms with Gasteiger partial charge in [-0.1, -0.05) is 48.5 Å². The molecule has 0 radical (unpaired) electrons. The highest BCUT2D eigenvalue weighted by Crippen LogP contribution is 2.23. The van der Waals surface area contributed by atoms with Gasteiger partial charge in [-0.15, -0.1) is 0 Å². The van der Waals surface area contributed by atoms with Crippen LogP contribution in [0.15, 0.2) is 121 Å². The molecule has 0 saturated heterocycles. The number of para-hydroxylation sites is 2. The summed E-state index contributed by atoms with van der Waals surface area (Å²) in [4.78, 5) is 50.0. The average Bonchev–Trinajstić information content (AvgIpc) is 3.06. The van der Waals surface area contributed by atoms with Gasteiger partial charge in [-0.3, -0.25) is 10.6 Å². The predicted molar refractivity (Wildman–Crippen MR) is 186 cm³/mol. The predicted octanol–water partition coefficient (Wildman–Crippen LogP) is 8.81. The molecule has 6 N–H and O–H groups in total. The van der Waals surface area contributed by atoms with E-state index in [4.69, 9.17) is 9.47 Å². The van der Waals surface area contributed by atoms with Crippen molar-refractivity contribution in [3.05, 3.63) is 132 Å². The minimum atomic E-state index is -0.662. The number of anilines is 6. The maximum absolute atomic E-state index is 12.7. The Kier molecular flexibility index (Phi) is 10.5. The van der Waals surface area contributed by atoms with Crippen LogP contribution in [0, 0.1) is 13.8 Å². The maximum atomic E-state index is 12.7. The molecule has 0 heterocycles. The van der Waals surface area contributed by atoms with Crippen molar-refractivity contribution < 1.29 is 28.7 Å². The smallest absolute Gasteiger partial charge is 0.410 e. The van der Waals surface area contributed by atoms with E-state index in [0.717, 1.165) is 11.1 Å². The fourth-order valence-electron chi connectivity index (χ4n) is 4.35. The van der Waals surface area contributed by atoms with Crippen molar-refractivity contribution in [1.29, 1.82) is 0 Å². The Morgan fingerprint density at radius 2 is 0.771 bits per heavy atom. The molecule has 0 aromatic heterocycles. The van der Waals surface area contributed by atoms with Crippen LogP contribution in [0.3, 0.4) is 0 Å². The van der Waals surface area contributed by atoms with Crippen LogP contribution in [-0.4, -0.2) is 24.2 Å². The Balaban J connectivity index is 1.11.